The quantitative estimate of drug-likeness (QED) is 0.143. The summed E-state index contributed by atoms with van der Waals surface area (Å²) in [6.07, 6.45) is 3.11. The number of hydrogen-bond acceptors (Lipinski definition) is 6. The number of guanidine groups is 1. The normalized spacial score (nSPS) is 16.8. The molecular weight excluding hydrogens is 493 g/mol. The fourth-order valence-corrected chi connectivity index (χ4v) is 4.33. The van der Waals surface area contributed by atoms with Crippen molar-refractivity contribution in [3.05, 3.63) is 35.4 Å². The van der Waals surface area contributed by atoms with Crippen LogP contribution in [0.1, 0.15) is 55.5 Å². The SMILES string of the molecule is C/N=C\c1cccc(C(=O)N[C@H](C(=O)N2CCC[C@H]2C(=O)N[C@@H](CCCNC(=N)N)C(=O)CF)C(C)C)c1. The van der Waals surface area contributed by atoms with Crippen molar-refractivity contribution in [2.24, 2.45) is 16.6 Å². The molecule has 1 aromatic rings. The van der Waals surface area contributed by atoms with Crippen molar-refractivity contribution < 1.29 is 23.6 Å². The van der Waals surface area contributed by atoms with Crippen LogP contribution in [-0.2, 0) is 14.4 Å². The molecule has 1 heterocycles. The minimum absolute atomic E-state index is 0.155. The zero-order chi connectivity index (χ0) is 28.2. The molecule has 0 unspecified atom stereocenters. The summed E-state index contributed by atoms with van der Waals surface area (Å²) in [6.45, 7) is 2.99. The zero-order valence-electron chi connectivity index (χ0n) is 22.1. The average Bonchev–Trinajstić information content (AvgIpc) is 3.38. The van der Waals surface area contributed by atoms with Crippen LogP contribution in [0.3, 0.4) is 0 Å². The highest BCUT2D eigenvalue weighted by Gasteiger charge is 2.39. The van der Waals surface area contributed by atoms with E-state index >= 15 is 0 Å². The molecule has 0 spiro atoms. The maximum absolute atomic E-state index is 13.5. The van der Waals surface area contributed by atoms with Crippen molar-refractivity contribution in [3.63, 3.8) is 0 Å². The third-order valence-corrected chi connectivity index (χ3v) is 6.31. The van der Waals surface area contributed by atoms with E-state index in [1.54, 1.807) is 45.3 Å². The van der Waals surface area contributed by atoms with E-state index in [-0.39, 0.29) is 18.3 Å². The summed E-state index contributed by atoms with van der Waals surface area (Å²) in [4.78, 5) is 57.1. The molecule has 12 heteroatoms. The lowest BCUT2D eigenvalue weighted by Crippen LogP contribution is -2.56. The number of amides is 3. The lowest BCUT2D eigenvalue weighted by atomic mass is 10.0. The van der Waals surface area contributed by atoms with Gasteiger partial charge in [-0.2, -0.15) is 0 Å². The van der Waals surface area contributed by atoms with Gasteiger partial charge in [-0.25, -0.2) is 4.39 Å². The summed E-state index contributed by atoms with van der Waals surface area (Å²) in [6, 6.07) is 4.08. The number of nitrogens with two attached hydrogens (primary N) is 1. The van der Waals surface area contributed by atoms with Gasteiger partial charge >= 0.3 is 0 Å². The number of nitrogens with zero attached hydrogens (tertiary/aromatic N) is 2. The number of carbonyl (C=O) groups is 4. The van der Waals surface area contributed by atoms with Crippen LogP contribution in [0.15, 0.2) is 29.3 Å². The number of Topliss-reactive ketones (excluding diaryl/α,β-unsaturated/α-hetero) is 1. The second kappa shape index (κ2) is 14.8. The van der Waals surface area contributed by atoms with E-state index < -0.39 is 48.3 Å². The molecule has 11 nitrogen and oxygen atoms in total. The molecule has 0 saturated carbocycles. The second-order valence-corrected chi connectivity index (χ2v) is 9.54. The molecule has 1 fully saturated rings. The molecular formula is C26H38FN7O4. The Kier molecular flexibility index (Phi) is 11.8. The molecule has 1 aliphatic rings. The zero-order valence-corrected chi connectivity index (χ0v) is 22.1. The van der Waals surface area contributed by atoms with Crippen LogP contribution >= 0.6 is 0 Å². The smallest absolute Gasteiger partial charge is 0.251 e. The van der Waals surface area contributed by atoms with E-state index in [2.05, 4.69) is 20.9 Å². The number of halogens is 1. The van der Waals surface area contributed by atoms with Crippen LogP contribution < -0.4 is 21.7 Å². The molecule has 3 amide bonds. The van der Waals surface area contributed by atoms with Crippen LogP contribution in [-0.4, -0.2) is 85.5 Å². The molecule has 1 saturated heterocycles. The predicted octanol–water partition coefficient (Wildman–Crippen LogP) is 0.767. The molecule has 38 heavy (non-hydrogen) atoms. The van der Waals surface area contributed by atoms with Crippen molar-refractivity contribution in [1.82, 2.24) is 20.9 Å². The van der Waals surface area contributed by atoms with Crippen molar-refractivity contribution in [2.45, 2.75) is 57.7 Å². The minimum atomic E-state index is -1.23. The second-order valence-electron chi connectivity index (χ2n) is 9.54. The van der Waals surface area contributed by atoms with Gasteiger partial charge in [0.25, 0.3) is 5.91 Å². The summed E-state index contributed by atoms with van der Waals surface area (Å²) < 4.78 is 13.1. The van der Waals surface area contributed by atoms with Gasteiger partial charge in [-0.1, -0.05) is 26.0 Å². The van der Waals surface area contributed by atoms with Gasteiger partial charge in [0.2, 0.25) is 11.8 Å². The molecule has 0 radical (unpaired) electrons. The number of aliphatic imine (C=N–C) groups is 1. The molecule has 1 aliphatic heterocycles. The number of benzene rings is 1. The highest BCUT2D eigenvalue weighted by molar-refractivity contribution is 6.00. The van der Waals surface area contributed by atoms with Crippen LogP contribution in [0.25, 0.3) is 0 Å². The van der Waals surface area contributed by atoms with Gasteiger partial charge in [0.1, 0.15) is 18.8 Å². The van der Waals surface area contributed by atoms with E-state index in [0.717, 1.165) is 5.56 Å². The fourth-order valence-electron chi connectivity index (χ4n) is 4.33. The van der Waals surface area contributed by atoms with Gasteiger partial charge in [-0.3, -0.25) is 29.6 Å². The molecule has 1 aromatic carbocycles. The Hall–Kier alpha value is -3.83. The monoisotopic (exact) mass is 531 g/mol. The van der Waals surface area contributed by atoms with Crippen molar-refractivity contribution in [3.8, 4) is 0 Å². The Balaban J connectivity index is 2.11. The summed E-state index contributed by atoms with van der Waals surface area (Å²) in [5, 5.41) is 15.2. The first-order chi connectivity index (χ1) is 18.1. The maximum atomic E-state index is 13.5. The minimum Gasteiger partial charge on any atom is -0.370 e. The van der Waals surface area contributed by atoms with Crippen LogP contribution in [0, 0.1) is 11.3 Å². The number of alkyl halides is 1. The molecule has 2 rings (SSSR count). The van der Waals surface area contributed by atoms with Gasteiger partial charge in [0.05, 0.1) is 6.04 Å². The summed E-state index contributed by atoms with van der Waals surface area (Å²) in [5.74, 6) is -2.60. The molecule has 0 aromatic heterocycles. The van der Waals surface area contributed by atoms with E-state index in [0.29, 0.717) is 37.9 Å². The number of carbonyl (C=O) groups excluding carboxylic acids is 4. The number of hydrogen-bond donors (Lipinski definition) is 5. The first kappa shape index (κ1) is 30.4. The number of rotatable bonds is 13. The first-order valence-electron chi connectivity index (χ1n) is 12.7. The van der Waals surface area contributed by atoms with Crippen LogP contribution in [0.2, 0.25) is 0 Å². The summed E-state index contributed by atoms with van der Waals surface area (Å²) in [7, 11) is 1.63. The van der Waals surface area contributed by atoms with Gasteiger partial charge in [0.15, 0.2) is 11.7 Å². The number of likely N-dealkylation sites (tertiary alicyclic amines) is 1. The van der Waals surface area contributed by atoms with Crippen LogP contribution in [0.4, 0.5) is 4.39 Å². The van der Waals surface area contributed by atoms with Gasteiger partial charge in [0, 0.05) is 31.9 Å². The largest absolute Gasteiger partial charge is 0.370 e. The molecule has 3 atom stereocenters. The van der Waals surface area contributed by atoms with Gasteiger partial charge in [-0.15, -0.1) is 0 Å². The molecule has 0 bridgehead atoms. The lowest BCUT2D eigenvalue weighted by Gasteiger charge is -2.31. The Morgan fingerprint density at radius 1 is 1.26 bits per heavy atom. The Labute approximate surface area is 222 Å². The van der Waals surface area contributed by atoms with E-state index in [4.69, 9.17) is 11.1 Å². The highest BCUT2D eigenvalue weighted by Crippen LogP contribution is 2.21. The summed E-state index contributed by atoms with van der Waals surface area (Å²) in [5.41, 5.74) is 6.36. The standard InChI is InChI=1S/C26H38FN7O4/c1-16(2)22(33-23(36)18-8-4-7-17(13-18)15-30-3)25(38)34-12-6-10-20(34)24(37)32-19(21(35)14-27)9-5-11-31-26(28)29/h4,7-8,13,15-16,19-20,22H,5-6,9-12,14H2,1-3H3,(H,32,37)(H,33,36)(H4,28,29,31)/b30-15-/t19-,20-,22-/m0/s1. The third kappa shape index (κ3) is 8.63. The molecule has 0 aliphatic carbocycles. The molecule has 208 valence electrons. The van der Waals surface area contributed by atoms with E-state index in [1.807, 2.05) is 6.07 Å². The first-order valence-corrected chi connectivity index (χ1v) is 12.7. The van der Waals surface area contributed by atoms with E-state index in [1.165, 1.54) is 4.90 Å². The average molecular weight is 532 g/mol. The third-order valence-electron chi connectivity index (χ3n) is 6.31. The summed E-state index contributed by atoms with van der Waals surface area (Å²) >= 11 is 0. The van der Waals surface area contributed by atoms with Crippen LogP contribution in [0.5, 0.6) is 0 Å². The van der Waals surface area contributed by atoms with Crippen molar-refractivity contribution in [2.75, 3.05) is 26.8 Å². The van der Waals surface area contributed by atoms with Crippen molar-refractivity contribution >= 4 is 35.7 Å². The maximum Gasteiger partial charge on any atom is 0.251 e. The van der Waals surface area contributed by atoms with E-state index in [9.17, 15) is 23.6 Å². The number of ketones is 1. The topological polar surface area (TPSA) is 170 Å². The predicted molar refractivity (Wildman–Crippen MR) is 143 cm³/mol. The Morgan fingerprint density at radius 2 is 2.00 bits per heavy atom. The lowest BCUT2D eigenvalue weighted by molar-refractivity contribution is -0.141. The molecule has 6 N–H and O–H groups in total. The highest BCUT2D eigenvalue weighted by atomic mass is 19.1. The Morgan fingerprint density at radius 3 is 2.63 bits per heavy atom. The van der Waals surface area contributed by atoms with Gasteiger partial charge < -0.3 is 26.6 Å². The number of nitrogens with one attached hydrogen (secondary N) is 4. The van der Waals surface area contributed by atoms with Crippen molar-refractivity contribution in [1.29, 1.82) is 5.41 Å². The Bertz CT molecular complexity index is 1050. The fraction of sp³-hybridized carbons (Fsp3) is 0.538. The van der Waals surface area contributed by atoms with Gasteiger partial charge in [-0.05, 0) is 49.3 Å².